The van der Waals surface area contributed by atoms with E-state index >= 15 is 0 Å². The average molecular weight is 387 g/mol. The normalized spacial score (nSPS) is 12.0. The van der Waals surface area contributed by atoms with Crippen LogP contribution in [-0.2, 0) is 11.0 Å². The van der Waals surface area contributed by atoms with Gasteiger partial charge in [-0.15, -0.1) is 0 Å². The Morgan fingerprint density at radius 3 is 2.83 bits per heavy atom. The highest BCUT2D eigenvalue weighted by Gasteiger charge is 2.31. The van der Waals surface area contributed by atoms with E-state index < -0.39 is 11.7 Å². The molecule has 120 valence electrons. The van der Waals surface area contributed by atoms with Crippen molar-refractivity contribution in [3.05, 3.63) is 34.6 Å². The zero-order chi connectivity index (χ0) is 16.6. The molecular weight excluding hydrogens is 377 g/mol. The van der Waals surface area contributed by atoms with E-state index in [2.05, 4.69) is 31.2 Å². The molecular formula is C14H10BrF3N4O. The van der Waals surface area contributed by atoms with Gasteiger partial charge >= 0.3 is 6.18 Å². The fourth-order valence-electron chi connectivity index (χ4n) is 2.24. The minimum Gasteiger partial charge on any atom is -0.367 e. The number of aldehydes is 1. The van der Waals surface area contributed by atoms with Crippen molar-refractivity contribution < 1.29 is 18.0 Å². The highest BCUT2D eigenvalue weighted by molar-refractivity contribution is 9.10. The second-order valence-corrected chi connectivity index (χ2v) is 5.60. The number of rotatable bonds is 4. The van der Waals surface area contributed by atoms with Crippen LogP contribution in [-0.4, -0.2) is 27.2 Å². The van der Waals surface area contributed by atoms with Crippen molar-refractivity contribution >= 4 is 44.7 Å². The Hall–Kier alpha value is -2.16. The van der Waals surface area contributed by atoms with Gasteiger partial charge in [-0.2, -0.15) is 13.2 Å². The molecule has 0 radical (unpaired) electrons. The smallest absolute Gasteiger partial charge is 0.367 e. The van der Waals surface area contributed by atoms with Gasteiger partial charge in [-0.25, -0.2) is 9.97 Å². The van der Waals surface area contributed by atoms with Gasteiger partial charge in [0, 0.05) is 13.0 Å². The zero-order valence-electron chi connectivity index (χ0n) is 11.6. The van der Waals surface area contributed by atoms with E-state index in [1.807, 2.05) is 0 Å². The maximum atomic E-state index is 12.9. The first-order chi connectivity index (χ1) is 10.9. The van der Waals surface area contributed by atoms with Gasteiger partial charge < -0.3 is 10.1 Å². The van der Waals surface area contributed by atoms with Crippen LogP contribution in [0.1, 0.15) is 12.0 Å². The maximum absolute atomic E-state index is 12.9. The second-order valence-electron chi connectivity index (χ2n) is 4.78. The number of halogens is 4. The van der Waals surface area contributed by atoms with E-state index in [4.69, 9.17) is 0 Å². The number of aromatic nitrogens is 3. The van der Waals surface area contributed by atoms with Gasteiger partial charge in [0.2, 0.25) is 0 Å². The maximum Gasteiger partial charge on any atom is 0.416 e. The highest BCUT2D eigenvalue weighted by atomic mass is 79.9. The molecule has 0 aliphatic carbocycles. The molecule has 0 spiro atoms. The Morgan fingerprint density at radius 1 is 1.35 bits per heavy atom. The molecule has 0 amide bonds. The van der Waals surface area contributed by atoms with Crippen LogP contribution in [0.15, 0.2) is 29.0 Å². The van der Waals surface area contributed by atoms with Crippen LogP contribution in [0.5, 0.6) is 0 Å². The lowest BCUT2D eigenvalue weighted by Gasteiger charge is -2.12. The lowest BCUT2D eigenvalue weighted by molar-refractivity contribution is -0.137. The molecule has 1 aromatic carbocycles. The fourth-order valence-corrected chi connectivity index (χ4v) is 2.71. The number of alkyl halides is 3. The first-order valence-corrected chi connectivity index (χ1v) is 7.42. The van der Waals surface area contributed by atoms with Gasteiger partial charge in [-0.3, -0.25) is 4.40 Å². The summed E-state index contributed by atoms with van der Waals surface area (Å²) < 4.78 is 40.9. The summed E-state index contributed by atoms with van der Waals surface area (Å²) in [5, 5.41) is 2.92. The van der Waals surface area contributed by atoms with Crippen LogP contribution in [0.4, 0.5) is 19.0 Å². The molecule has 1 N–H and O–H groups in total. The van der Waals surface area contributed by atoms with Crippen molar-refractivity contribution in [2.45, 2.75) is 12.6 Å². The lowest BCUT2D eigenvalue weighted by atomic mass is 10.2. The van der Waals surface area contributed by atoms with Crippen molar-refractivity contribution in [1.82, 2.24) is 14.4 Å². The Kier molecular flexibility index (Phi) is 3.97. The Labute approximate surface area is 136 Å². The van der Waals surface area contributed by atoms with Gasteiger partial charge in [0.1, 0.15) is 10.9 Å². The van der Waals surface area contributed by atoms with E-state index in [0.717, 1.165) is 18.4 Å². The number of nitrogens with one attached hydrogen (secondary N) is 1. The summed E-state index contributed by atoms with van der Waals surface area (Å²) >= 11 is 3.33. The Bertz CT molecular complexity index is 891. The molecule has 0 saturated carbocycles. The van der Waals surface area contributed by atoms with Crippen molar-refractivity contribution in [3.8, 4) is 0 Å². The molecule has 0 saturated heterocycles. The quantitative estimate of drug-likeness (QED) is 0.549. The number of carbonyl (C=O) groups is 1. The van der Waals surface area contributed by atoms with Crippen LogP contribution in [0.2, 0.25) is 0 Å². The van der Waals surface area contributed by atoms with E-state index in [0.29, 0.717) is 28.1 Å². The summed E-state index contributed by atoms with van der Waals surface area (Å²) in [6.45, 7) is 0.321. The number of hydrogen-bond acceptors (Lipinski definition) is 4. The number of carbonyl (C=O) groups excluding carboxylic acids is 1. The number of imidazole rings is 1. The van der Waals surface area contributed by atoms with Crippen LogP contribution in [0.3, 0.4) is 0 Å². The molecule has 3 rings (SSSR count). The number of fused-ring (bicyclic) bond motifs is 3. The summed E-state index contributed by atoms with van der Waals surface area (Å²) in [7, 11) is 0. The minimum atomic E-state index is -4.44. The molecule has 3 aromatic rings. The highest BCUT2D eigenvalue weighted by Crippen LogP contribution is 2.32. The number of nitrogens with zero attached hydrogens (tertiary/aromatic N) is 3. The van der Waals surface area contributed by atoms with Crippen molar-refractivity contribution in [2.24, 2.45) is 0 Å². The fraction of sp³-hybridized carbons (Fsp3) is 0.214. The summed E-state index contributed by atoms with van der Waals surface area (Å²) in [6, 6.07) is 3.36. The van der Waals surface area contributed by atoms with Crippen molar-refractivity contribution in [1.29, 1.82) is 0 Å². The Balaban J connectivity index is 2.22. The molecule has 0 aliphatic heterocycles. The van der Waals surface area contributed by atoms with Gasteiger partial charge in [0.05, 0.1) is 22.8 Å². The number of benzene rings is 1. The molecule has 0 unspecified atom stereocenters. The zero-order valence-corrected chi connectivity index (χ0v) is 13.1. The van der Waals surface area contributed by atoms with E-state index in [9.17, 15) is 18.0 Å². The standard InChI is InChI=1S/C14H10BrF3N4O/c15-11-7-20-13-12(19-4-1-5-23)21-9-6-8(14(16,17)18)2-3-10(9)22(11)13/h2-3,5-7H,1,4H2,(H,19,21). The topological polar surface area (TPSA) is 59.3 Å². The predicted molar refractivity (Wildman–Crippen MR) is 82.4 cm³/mol. The molecule has 0 bridgehead atoms. The third kappa shape index (κ3) is 2.88. The second kappa shape index (κ2) is 5.80. The number of anilines is 1. The van der Waals surface area contributed by atoms with Crippen LogP contribution in [0, 0.1) is 0 Å². The van der Waals surface area contributed by atoms with E-state index in [1.165, 1.54) is 6.07 Å². The lowest BCUT2D eigenvalue weighted by Crippen LogP contribution is -2.08. The van der Waals surface area contributed by atoms with E-state index in [1.54, 1.807) is 10.6 Å². The SMILES string of the molecule is O=CCCNc1nc2cc(C(F)(F)F)ccc2n2c(Br)cnc12. The molecule has 9 heteroatoms. The monoisotopic (exact) mass is 386 g/mol. The molecule has 5 nitrogen and oxygen atoms in total. The first-order valence-electron chi connectivity index (χ1n) is 6.63. The van der Waals surface area contributed by atoms with Crippen LogP contribution in [0.25, 0.3) is 16.7 Å². The molecule has 2 aromatic heterocycles. The largest absolute Gasteiger partial charge is 0.416 e. The molecule has 0 aliphatic rings. The van der Waals surface area contributed by atoms with Gasteiger partial charge in [-0.1, -0.05) is 0 Å². The van der Waals surface area contributed by atoms with E-state index in [-0.39, 0.29) is 11.9 Å². The summed E-state index contributed by atoms with van der Waals surface area (Å²) in [6.07, 6.45) is -1.90. The van der Waals surface area contributed by atoms with Crippen molar-refractivity contribution in [3.63, 3.8) is 0 Å². The third-order valence-corrected chi connectivity index (χ3v) is 3.82. The molecule has 23 heavy (non-hydrogen) atoms. The van der Waals surface area contributed by atoms with Crippen molar-refractivity contribution in [2.75, 3.05) is 11.9 Å². The summed E-state index contributed by atoms with van der Waals surface area (Å²) in [5.74, 6) is 0.323. The molecule has 0 atom stereocenters. The van der Waals surface area contributed by atoms with Crippen LogP contribution >= 0.6 is 15.9 Å². The van der Waals surface area contributed by atoms with Gasteiger partial charge in [0.25, 0.3) is 0 Å². The third-order valence-electron chi connectivity index (χ3n) is 3.26. The number of hydrogen-bond donors (Lipinski definition) is 1. The predicted octanol–water partition coefficient (Wildman–Crippen LogP) is 3.66. The summed E-state index contributed by atoms with van der Waals surface area (Å²) in [4.78, 5) is 18.8. The molecule has 2 heterocycles. The Morgan fingerprint density at radius 2 is 2.13 bits per heavy atom. The first kappa shape index (κ1) is 15.7. The van der Waals surface area contributed by atoms with Gasteiger partial charge in [0.15, 0.2) is 11.5 Å². The summed E-state index contributed by atoms with van der Waals surface area (Å²) in [5.41, 5.74) is 0.375. The molecule has 0 fully saturated rings. The van der Waals surface area contributed by atoms with Crippen LogP contribution < -0.4 is 5.32 Å². The van der Waals surface area contributed by atoms with Gasteiger partial charge in [-0.05, 0) is 34.1 Å². The average Bonchev–Trinajstić information content (AvgIpc) is 2.88. The minimum absolute atomic E-state index is 0.180.